The maximum absolute atomic E-state index is 11.4. The molecule has 3 nitrogen and oxygen atoms in total. The van der Waals surface area contributed by atoms with Gasteiger partial charge >= 0.3 is 0 Å². The van der Waals surface area contributed by atoms with Crippen molar-refractivity contribution >= 4 is 23.5 Å². The van der Waals surface area contributed by atoms with Crippen molar-refractivity contribution in [3.05, 3.63) is 21.9 Å². The van der Waals surface area contributed by atoms with E-state index in [0.29, 0.717) is 6.42 Å². The van der Waals surface area contributed by atoms with E-state index in [-0.39, 0.29) is 5.91 Å². The van der Waals surface area contributed by atoms with Crippen LogP contribution in [0.3, 0.4) is 0 Å². The van der Waals surface area contributed by atoms with Crippen LogP contribution >= 0.6 is 11.3 Å². The lowest BCUT2D eigenvalue weighted by Gasteiger charge is -1.98. The third kappa shape index (κ3) is 6.22. The summed E-state index contributed by atoms with van der Waals surface area (Å²) in [7, 11) is 0. The van der Waals surface area contributed by atoms with Gasteiger partial charge in [0.05, 0.1) is 6.21 Å². The van der Waals surface area contributed by atoms with Gasteiger partial charge in [-0.25, -0.2) is 5.43 Å². The molecule has 0 radical (unpaired) electrons. The van der Waals surface area contributed by atoms with E-state index in [2.05, 4.69) is 17.5 Å². The number of hydrogen-bond donors (Lipinski definition) is 1. The number of amides is 1. The van der Waals surface area contributed by atoms with Crippen LogP contribution in [0.15, 0.2) is 17.2 Å². The van der Waals surface area contributed by atoms with Crippen LogP contribution in [0.5, 0.6) is 0 Å². The lowest BCUT2D eigenvalue weighted by molar-refractivity contribution is -0.121. The van der Waals surface area contributed by atoms with E-state index in [4.69, 9.17) is 0 Å². The van der Waals surface area contributed by atoms with Crippen LogP contribution in [0.25, 0.3) is 0 Å². The number of carbonyl (C=O) groups excluding carboxylic acids is 1. The summed E-state index contributed by atoms with van der Waals surface area (Å²) < 4.78 is 0. The van der Waals surface area contributed by atoms with Crippen molar-refractivity contribution in [1.29, 1.82) is 0 Å². The Morgan fingerprint density at radius 1 is 1.41 bits per heavy atom. The van der Waals surface area contributed by atoms with Gasteiger partial charge in [0.15, 0.2) is 0 Å². The van der Waals surface area contributed by atoms with E-state index in [0.717, 1.165) is 17.7 Å². The normalized spacial score (nSPS) is 10.9. The topological polar surface area (TPSA) is 41.5 Å². The van der Waals surface area contributed by atoms with Crippen LogP contribution in [-0.2, 0) is 4.79 Å². The monoisotopic (exact) mass is 252 g/mol. The first-order valence-electron chi connectivity index (χ1n) is 6.10. The molecule has 1 heterocycles. The molecule has 0 unspecified atom stereocenters. The highest BCUT2D eigenvalue weighted by Gasteiger charge is 1.98. The molecule has 0 atom stereocenters. The molecule has 1 aromatic rings. The number of nitrogens with one attached hydrogen (secondary N) is 1. The van der Waals surface area contributed by atoms with E-state index in [1.54, 1.807) is 17.6 Å². The zero-order chi connectivity index (χ0) is 12.5. The van der Waals surface area contributed by atoms with Crippen LogP contribution in [-0.4, -0.2) is 12.1 Å². The number of nitrogens with zero attached hydrogens (tertiary/aromatic N) is 1. The van der Waals surface area contributed by atoms with Crippen molar-refractivity contribution in [3.8, 4) is 0 Å². The van der Waals surface area contributed by atoms with Gasteiger partial charge in [-0.2, -0.15) is 5.10 Å². The third-order valence-corrected chi connectivity index (χ3v) is 3.33. The smallest absolute Gasteiger partial charge is 0.240 e. The second kappa shape index (κ2) is 8.01. The van der Waals surface area contributed by atoms with Crippen molar-refractivity contribution in [1.82, 2.24) is 5.43 Å². The van der Waals surface area contributed by atoms with Gasteiger partial charge in [0.2, 0.25) is 5.91 Å². The molecule has 1 N–H and O–H groups in total. The second-order valence-corrected chi connectivity index (χ2v) is 5.37. The first-order valence-corrected chi connectivity index (χ1v) is 6.92. The summed E-state index contributed by atoms with van der Waals surface area (Å²) in [6.45, 7) is 4.21. The minimum atomic E-state index is 0.00521. The summed E-state index contributed by atoms with van der Waals surface area (Å²) in [6.07, 6.45) is 6.73. The van der Waals surface area contributed by atoms with E-state index in [9.17, 15) is 4.79 Å². The Balaban J connectivity index is 2.17. The van der Waals surface area contributed by atoms with E-state index in [1.807, 2.05) is 19.1 Å². The summed E-state index contributed by atoms with van der Waals surface area (Å²) in [5.74, 6) is 0.00521. The van der Waals surface area contributed by atoms with E-state index in [1.165, 1.54) is 17.7 Å². The molecule has 0 spiro atoms. The average Bonchev–Trinajstić information content (AvgIpc) is 2.71. The lowest BCUT2D eigenvalue weighted by Crippen LogP contribution is -2.16. The lowest BCUT2D eigenvalue weighted by atomic mass is 10.1. The van der Waals surface area contributed by atoms with Gasteiger partial charge < -0.3 is 0 Å². The van der Waals surface area contributed by atoms with Crippen molar-refractivity contribution in [2.24, 2.45) is 5.10 Å². The van der Waals surface area contributed by atoms with E-state index >= 15 is 0 Å². The van der Waals surface area contributed by atoms with E-state index < -0.39 is 0 Å². The predicted octanol–water partition coefficient (Wildman–Crippen LogP) is 3.48. The van der Waals surface area contributed by atoms with Crippen LogP contribution in [0.4, 0.5) is 0 Å². The molecule has 0 saturated heterocycles. The van der Waals surface area contributed by atoms with Gasteiger partial charge in [-0.15, -0.1) is 11.3 Å². The molecule has 0 aliphatic rings. The predicted molar refractivity (Wildman–Crippen MR) is 73.6 cm³/mol. The molecule has 0 aliphatic carbocycles. The zero-order valence-electron chi connectivity index (χ0n) is 10.5. The van der Waals surface area contributed by atoms with Gasteiger partial charge in [0, 0.05) is 16.2 Å². The molecule has 0 bridgehead atoms. The fourth-order valence-electron chi connectivity index (χ4n) is 1.46. The Kier molecular flexibility index (Phi) is 6.55. The fourth-order valence-corrected chi connectivity index (χ4v) is 2.21. The Bertz CT molecular complexity index is 371. The third-order valence-electron chi connectivity index (χ3n) is 2.40. The summed E-state index contributed by atoms with van der Waals surface area (Å²) in [5.41, 5.74) is 2.55. The SMILES string of the molecule is CCCCCCC(=O)N/N=C/c1ccc(C)s1. The minimum absolute atomic E-state index is 0.00521. The maximum atomic E-state index is 11.4. The summed E-state index contributed by atoms with van der Waals surface area (Å²) in [5, 5.41) is 3.94. The molecule has 0 aromatic carbocycles. The molecule has 1 amide bonds. The Labute approximate surface area is 107 Å². The number of hydrazone groups is 1. The molecule has 1 rings (SSSR count). The van der Waals surface area contributed by atoms with Crippen LogP contribution in [0.1, 0.15) is 48.8 Å². The van der Waals surface area contributed by atoms with Crippen molar-refractivity contribution in [3.63, 3.8) is 0 Å². The Hall–Kier alpha value is -1.16. The molecule has 4 heteroatoms. The minimum Gasteiger partial charge on any atom is -0.273 e. The van der Waals surface area contributed by atoms with Crippen LogP contribution in [0.2, 0.25) is 0 Å². The fraction of sp³-hybridized carbons (Fsp3) is 0.538. The summed E-state index contributed by atoms with van der Waals surface area (Å²) >= 11 is 1.66. The van der Waals surface area contributed by atoms with Gasteiger partial charge in [-0.05, 0) is 25.5 Å². The maximum Gasteiger partial charge on any atom is 0.240 e. The quantitative estimate of drug-likeness (QED) is 0.450. The molecule has 1 aromatic heterocycles. The van der Waals surface area contributed by atoms with Gasteiger partial charge in [0.1, 0.15) is 0 Å². The molecule has 17 heavy (non-hydrogen) atoms. The molecular formula is C13H20N2OS. The number of unbranched alkanes of at least 4 members (excludes halogenated alkanes) is 3. The second-order valence-electron chi connectivity index (χ2n) is 4.05. The Morgan fingerprint density at radius 2 is 2.24 bits per heavy atom. The highest BCUT2D eigenvalue weighted by atomic mass is 32.1. The Morgan fingerprint density at radius 3 is 2.88 bits per heavy atom. The highest BCUT2D eigenvalue weighted by Crippen LogP contribution is 2.12. The first kappa shape index (κ1) is 13.9. The molecule has 0 aliphatic heterocycles. The first-order chi connectivity index (χ1) is 8.22. The summed E-state index contributed by atoms with van der Waals surface area (Å²) in [6, 6.07) is 4.04. The summed E-state index contributed by atoms with van der Waals surface area (Å²) in [4.78, 5) is 13.7. The average molecular weight is 252 g/mol. The van der Waals surface area contributed by atoms with Crippen molar-refractivity contribution in [2.45, 2.75) is 46.0 Å². The van der Waals surface area contributed by atoms with Crippen LogP contribution < -0.4 is 5.43 Å². The number of rotatable bonds is 7. The number of thiophene rings is 1. The zero-order valence-corrected chi connectivity index (χ0v) is 11.3. The van der Waals surface area contributed by atoms with Gasteiger partial charge in [-0.1, -0.05) is 26.2 Å². The van der Waals surface area contributed by atoms with Crippen molar-refractivity contribution in [2.75, 3.05) is 0 Å². The van der Waals surface area contributed by atoms with Crippen molar-refractivity contribution < 1.29 is 4.79 Å². The molecular weight excluding hydrogens is 232 g/mol. The van der Waals surface area contributed by atoms with Gasteiger partial charge in [0.25, 0.3) is 0 Å². The molecule has 94 valence electrons. The molecule has 0 fully saturated rings. The largest absolute Gasteiger partial charge is 0.273 e. The standard InChI is InChI=1S/C13H20N2OS/c1-3-4-5-6-7-13(16)15-14-10-12-9-8-11(2)17-12/h8-10H,3-7H2,1-2H3,(H,15,16)/b14-10+. The molecule has 0 saturated carbocycles. The van der Waals surface area contributed by atoms with Gasteiger partial charge in [-0.3, -0.25) is 4.79 Å². The number of aryl methyl sites for hydroxylation is 1. The number of carbonyl (C=O) groups is 1. The highest BCUT2D eigenvalue weighted by molar-refractivity contribution is 7.13. The van der Waals surface area contributed by atoms with Crippen LogP contribution in [0, 0.1) is 6.92 Å². The number of hydrogen-bond acceptors (Lipinski definition) is 3.